The summed E-state index contributed by atoms with van der Waals surface area (Å²) in [4.78, 5) is 24.1. The predicted molar refractivity (Wildman–Crippen MR) is 108 cm³/mol. The van der Waals surface area contributed by atoms with Crippen LogP contribution in [0.2, 0.25) is 5.02 Å². The van der Waals surface area contributed by atoms with E-state index >= 15 is 0 Å². The van der Waals surface area contributed by atoms with Gasteiger partial charge in [0.05, 0.1) is 21.4 Å². The highest BCUT2D eigenvalue weighted by atomic mass is 35.5. The van der Waals surface area contributed by atoms with E-state index in [2.05, 4.69) is 5.32 Å². The molecule has 3 rings (SSSR count). The molecule has 2 aromatic carbocycles. The number of nitrogens with one attached hydrogen (secondary N) is 1. The highest BCUT2D eigenvalue weighted by molar-refractivity contribution is 7.89. The molecule has 0 spiro atoms. The molecule has 0 atom stereocenters. The van der Waals surface area contributed by atoms with Crippen LogP contribution >= 0.6 is 11.6 Å². The maximum atomic E-state index is 13.2. The summed E-state index contributed by atoms with van der Waals surface area (Å²) < 4.78 is 39.9. The molecular weight excluding hydrogens is 439 g/mol. The number of benzene rings is 2. The number of nitro benzene ring substituents is 1. The maximum Gasteiger partial charge on any atom is 0.270 e. The Kier molecular flexibility index (Phi) is 6.66. The lowest BCUT2D eigenvalue weighted by atomic mass is 10.3. The Hall–Kier alpha value is -2.60. The van der Waals surface area contributed by atoms with Crippen LogP contribution < -0.4 is 5.32 Å². The summed E-state index contributed by atoms with van der Waals surface area (Å²) in [7, 11) is -3.88. The van der Waals surface area contributed by atoms with Crippen LogP contribution in [0.3, 0.4) is 0 Å². The smallest absolute Gasteiger partial charge is 0.270 e. The number of nitro groups is 1. The lowest BCUT2D eigenvalue weighted by molar-refractivity contribution is -0.385. The van der Waals surface area contributed by atoms with Crippen molar-refractivity contribution in [3.8, 4) is 0 Å². The number of sulfonamides is 1. The SMILES string of the molecule is O=C(CN1CCN(S(=O)(=O)c2cccc([N+](=O)[O-])c2)CC1)Nc1ccc(F)c(Cl)c1. The van der Waals surface area contributed by atoms with Crippen molar-refractivity contribution in [2.45, 2.75) is 4.90 Å². The second-order valence-electron chi connectivity index (χ2n) is 6.61. The number of rotatable bonds is 6. The zero-order valence-corrected chi connectivity index (χ0v) is 17.2. The van der Waals surface area contributed by atoms with Gasteiger partial charge < -0.3 is 5.32 Å². The standard InChI is InChI=1S/C18H18ClFN4O5S/c19-16-10-13(4-5-17(16)20)21-18(25)12-22-6-8-23(9-7-22)30(28,29)15-3-1-2-14(11-15)24(26)27/h1-5,10-11H,6-9,12H2,(H,21,25). The van der Waals surface area contributed by atoms with Crippen molar-refractivity contribution in [3.63, 3.8) is 0 Å². The molecule has 0 bridgehead atoms. The first-order valence-electron chi connectivity index (χ1n) is 8.88. The van der Waals surface area contributed by atoms with Gasteiger partial charge >= 0.3 is 0 Å². The number of non-ortho nitro benzene ring substituents is 1. The molecule has 0 aromatic heterocycles. The quantitative estimate of drug-likeness (QED) is 0.527. The van der Waals surface area contributed by atoms with Gasteiger partial charge in [-0.2, -0.15) is 4.31 Å². The fourth-order valence-corrected chi connectivity index (χ4v) is 4.65. The number of nitrogens with zero attached hydrogens (tertiary/aromatic N) is 3. The van der Waals surface area contributed by atoms with E-state index in [-0.39, 0.29) is 41.1 Å². The van der Waals surface area contributed by atoms with Gasteiger partial charge in [0.15, 0.2) is 0 Å². The van der Waals surface area contributed by atoms with Gasteiger partial charge in [-0.05, 0) is 24.3 Å². The van der Waals surface area contributed by atoms with Crippen molar-refractivity contribution in [2.75, 3.05) is 38.0 Å². The lowest BCUT2D eigenvalue weighted by Gasteiger charge is -2.33. The summed E-state index contributed by atoms with van der Waals surface area (Å²) in [5.41, 5.74) is 0.0607. The fourth-order valence-electron chi connectivity index (χ4n) is 3.01. The molecular formula is C18H18ClFN4O5S. The number of halogens is 2. The van der Waals surface area contributed by atoms with E-state index in [4.69, 9.17) is 11.6 Å². The molecule has 12 heteroatoms. The Morgan fingerprint density at radius 2 is 1.87 bits per heavy atom. The molecule has 1 amide bonds. The van der Waals surface area contributed by atoms with E-state index in [1.807, 2.05) is 0 Å². The van der Waals surface area contributed by atoms with Crippen LogP contribution in [0.15, 0.2) is 47.4 Å². The van der Waals surface area contributed by atoms with Gasteiger partial charge in [-0.1, -0.05) is 17.7 Å². The third-order valence-corrected chi connectivity index (χ3v) is 6.75. The van der Waals surface area contributed by atoms with Gasteiger partial charge in [0, 0.05) is 44.0 Å². The average molecular weight is 457 g/mol. The summed E-state index contributed by atoms with van der Waals surface area (Å²) in [5, 5.41) is 13.4. The summed E-state index contributed by atoms with van der Waals surface area (Å²) in [6.45, 7) is 0.929. The molecule has 160 valence electrons. The van der Waals surface area contributed by atoms with E-state index in [0.717, 1.165) is 12.1 Å². The highest BCUT2D eigenvalue weighted by Gasteiger charge is 2.30. The Morgan fingerprint density at radius 1 is 1.17 bits per heavy atom. The molecule has 9 nitrogen and oxygen atoms in total. The summed E-state index contributed by atoms with van der Waals surface area (Å²) >= 11 is 5.69. The van der Waals surface area contributed by atoms with Gasteiger partial charge in [-0.15, -0.1) is 0 Å². The fraction of sp³-hybridized carbons (Fsp3) is 0.278. The normalized spacial score (nSPS) is 15.7. The number of hydrogen-bond donors (Lipinski definition) is 1. The molecule has 1 saturated heterocycles. The molecule has 1 aliphatic heterocycles. The summed E-state index contributed by atoms with van der Waals surface area (Å²) in [6.07, 6.45) is 0. The van der Waals surface area contributed by atoms with Crippen LogP contribution in [0.5, 0.6) is 0 Å². The van der Waals surface area contributed by atoms with E-state index < -0.39 is 20.8 Å². The maximum absolute atomic E-state index is 13.2. The summed E-state index contributed by atoms with van der Waals surface area (Å²) in [6, 6.07) is 8.74. The van der Waals surface area contributed by atoms with E-state index in [1.165, 1.54) is 34.6 Å². The van der Waals surface area contributed by atoms with Gasteiger partial charge in [-0.25, -0.2) is 12.8 Å². The van der Waals surface area contributed by atoms with Crippen molar-refractivity contribution in [1.82, 2.24) is 9.21 Å². The number of carbonyl (C=O) groups is 1. The second-order valence-corrected chi connectivity index (χ2v) is 8.96. The van der Waals surface area contributed by atoms with Crippen LogP contribution in [0.25, 0.3) is 0 Å². The van der Waals surface area contributed by atoms with Crippen molar-refractivity contribution >= 4 is 38.9 Å². The Labute approximate surface area is 177 Å². The Balaban J connectivity index is 1.57. The van der Waals surface area contributed by atoms with E-state index in [9.17, 15) is 27.7 Å². The first kappa shape index (κ1) is 22.1. The summed E-state index contributed by atoms with van der Waals surface area (Å²) in [5.74, 6) is -0.927. The van der Waals surface area contributed by atoms with Crippen LogP contribution in [-0.4, -0.2) is 61.2 Å². The molecule has 1 fully saturated rings. The Bertz CT molecular complexity index is 1070. The van der Waals surface area contributed by atoms with Crippen LogP contribution in [0, 0.1) is 15.9 Å². The zero-order valence-electron chi connectivity index (χ0n) is 15.6. The number of hydrogen-bond acceptors (Lipinski definition) is 6. The molecule has 2 aromatic rings. The van der Waals surface area contributed by atoms with Gasteiger partial charge in [-0.3, -0.25) is 19.8 Å². The van der Waals surface area contributed by atoms with Crippen LogP contribution in [-0.2, 0) is 14.8 Å². The van der Waals surface area contributed by atoms with Gasteiger partial charge in [0.25, 0.3) is 5.69 Å². The second kappa shape index (κ2) is 9.04. The topological polar surface area (TPSA) is 113 Å². The monoisotopic (exact) mass is 456 g/mol. The van der Waals surface area contributed by atoms with E-state index in [1.54, 1.807) is 4.90 Å². The third-order valence-electron chi connectivity index (χ3n) is 4.57. The molecule has 1 N–H and O–H groups in total. The number of carbonyl (C=O) groups excluding carboxylic acids is 1. The van der Waals surface area contributed by atoms with Crippen LogP contribution in [0.1, 0.15) is 0 Å². The third kappa shape index (κ3) is 5.11. The number of anilines is 1. The molecule has 1 heterocycles. The van der Waals surface area contributed by atoms with E-state index in [0.29, 0.717) is 18.8 Å². The number of piperazine rings is 1. The lowest BCUT2D eigenvalue weighted by Crippen LogP contribution is -2.50. The Morgan fingerprint density at radius 3 is 2.50 bits per heavy atom. The minimum Gasteiger partial charge on any atom is -0.325 e. The predicted octanol–water partition coefficient (Wildman–Crippen LogP) is 2.33. The van der Waals surface area contributed by atoms with Crippen molar-refractivity contribution in [2.24, 2.45) is 0 Å². The first-order chi connectivity index (χ1) is 14.2. The molecule has 0 saturated carbocycles. The highest BCUT2D eigenvalue weighted by Crippen LogP contribution is 2.22. The minimum absolute atomic E-state index is 0.0275. The molecule has 30 heavy (non-hydrogen) atoms. The zero-order chi connectivity index (χ0) is 21.9. The molecule has 1 aliphatic rings. The van der Waals surface area contributed by atoms with Crippen molar-refractivity contribution in [3.05, 3.63) is 63.4 Å². The van der Waals surface area contributed by atoms with Gasteiger partial charge in [0.1, 0.15) is 5.82 Å². The molecule has 0 unspecified atom stereocenters. The molecule has 0 aliphatic carbocycles. The van der Waals surface area contributed by atoms with Crippen molar-refractivity contribution in [1.29, 1.82) is 0 Å². The number of amides is 1. The minimum atomic E-state index is -3.88. The van der Waals surface area contributed by atoms with Gasteiger partial charge in [0.2, 0.25) is 15.9 Å². The van der Waals surface area contributed by atoms with Crippen LogP contribution in [0.4, 0.5) is 15.8 Å². The molecule has 0 radical (unpaired) electrons. The largest absolute Gasteiger partial charge is 0.325 e. The average Bonchev–Trinajstić information content (AvgIpc) is 2.71. The first-order valence-corrected chi connectivity index (χ1v) is 10.7. The van der Waals surface area contributed by atoms with Crippen molar-refractivity contribution < 1.29 is 22.5 Å².